The van der Waals surface area contributed by atoms with Crippen LogP contribution in [0.4, 0.5) is 13.2 Å². The third-order valence-corrected chi connectivity index (χ3v) is 2.21. The second kappa shape index (κ2) is 6.06. The fourth-order valence-corrected chi connectivity index (χ4v) is 1.32. The molecule has 5 nitrogen and oxygen atoms in total. The first-order valence-corrected chi connectivity index (χ1v) is 5.23. The minimum absolute atomic E-state index is 0.284. The zero-order valence-electron chi connectivity index (χ0n) is 10.0. The summed E-state index contributed by atoms with van der Waals surface area (Å²) >= 11 is 0. The molecule has 0 unspecified atom stereocenters. The van der Waals surface area contributed by atoms with Crippen molar-refractivity contribution in [1.82, 2.24) is 9.88 Å². The van der Waals surface area contributed by atoms with Gasteiger partial charge in [0.2, 0.25) is 0 Å². The fourth-order valence-electron chi connectivity index (χ4n) is 1.32. The van der Waals surface area contributed by atoms with E-state index in [1.807, 2.05) is 0 Å². The minimum Gasteiger partial charge on any atom is -0.480 e. The van der Waals surface area contributed by atoms with Gasteiger partial charge in [0.25, 0.3) is 5.91 Å². The van der Waals surface area contributed by atoms with E-state index in [-0.39, 0.29) is 12.2 Å². The van der Waals surface area contributed by atoms with Crippen molar-refractivity contribution in [2.24, 2.45) is 0 Å². The van der Waals surface area contributed by atoms with E-state index >= 15 is 0 Å². The molecule has 0 aromatic carbocycles. The number of carboxylic acid groups (broad SMARTS) is 1. The van der Waals surface area contributed by atoms with Gasteiger partial charge in [0, 0.05) is 6.20 Å². The number of hydrogen-bond acceptors (Lipinski definition) is 3. The van der Waals surface area contributed by atoms with Crippen molar-refractivity contribution in [3.8, 4) is 12.3 Å². The van der Waals surface area contributed by atoms with Gasteiger partial charge in [0.15, 0.2) is 0 Å². The van der Waals surface area contributed by atoms with Gasteiger partial charge in [-0.2, -0.15) is 13.2 Å². The summed E-state index contributed by atoms with van der Waals surface area (Å²) in [6, 6.07) is 1.56. The van der Waals surface area contributed by atoms with Crippen LogP contribution in [0.3, 0.4) is 0 Å². The summed E-state index contributed by atoms with van der Waals surface area (Å²) in [7, 11) is 0. The number of terminal acetylenes is 1. The fraction of sp³-hybridized carbons (Fsp3) is 0.250. The van der Waals surface area contributed by atoms with E-state index < -0.39 is 30.2 Å². The van der Waals surface area contributed by atoms with Crippen LogP contribution in [0.1, 0.15) is 16.1 Å². The predicted molar refractivity (Wildman–Crippen MR) is 61.6 cm³/mol. The van der Waals surface area contributed by atoms with Gasteiger partial charge in [-0.1, -0.05) is 5.92 Å². The Morgan fingerprint density at radius 1 is 1.40 bits per heavy atom. The Balaban J connectivity index is 2.95. The number of hydrogen-bond donors (Lipinski definition) is 1. The number of carbonyl (C=O) groups excluding carboxylic acids is 1. The number of carboxylic acids is 1. The highest BCUT2D eigenvalue weighted by molar-refractivity contribution is 5.94. The van der Waals surface area contributed by atoms with Crippen LogP contribution in [0, 0.1) is 12.3 Å². The maximum atomic E-state index is 12.3. The number of aliphatic carboxylic acids is 1. The monoisotopic (exact) mass is 286 g/mol. The van der Waals surface area contributed by atoms with Crippen molar-refractivity contribution >= 4 is 11.9 Å². The minimum atomic E-state index is -4.56. The lowest BCUT2D eigenvalue weighted by molar-refractivity contribution is -0.138. The molecule has 0 atom stereocenters. The van der Waals surface area contributed by atoms with Crippen LogP contribution in [0.15, 0.2) is 18.3 Å². The SMILES string of the molecule is C#CCN(CC(=O)O)C(=O)c1ccc(C(F)(F)F)cn1. The third-order valence-electron chi connectivity index (χ3n) is 2.21. The number of halogens is 3. The second-order valence-electron chi connectivity index (χ2n) is 3.69. The number of nitrogens with zero attached hydrogens (tertiary/aromatic N) is 2. The zero-order valence-corrected chi connectivity index (χ0v) is 10.0. The largest absolute Gasteiger partial charge is 0.480 e. The quantitative estimate of drug-likeness (QED) is 0.846. The van der Waals surface area contributed by atoms with Crippen molar-refractivity contribution in [2.75, 3.05) is 13.1 Å². The van der Waals surface area contributed by atoms with Crippen LogP contribution in [0.2, 0.25) is 0 Å². The van der Waals surface area contributed by atoms with Crippen LogP contribution in [0.5, 0.6) is 0 Å². The Hall–Kier alpha value is -2.56. The van der Waals surface area contributed by atoms with Crippen molar-refractivity contribution < 1.29 is 27.9 Å². The molecule has 0 saturated heterocycles. The Kier molecular flexibility index (Phi) is 4.69. The molecule has 106 valence electrons. The molecule has 0 aliphatic heterocycles. The Bertz CT molecular complexity index is 547. The molecule has 20 heavy (non-hydrogen) atoms. The molecule has 1 aromatic heterocycles. The van der Waals surface area contributed by atoms with Crippen LogP contribution in [-0.2, 0) is 11.0 Å². The summed E-state index contributed by atoms with van der Waals surface area (Å²) in [5.74, 6) is -0.0458. The smallest absolute Gasteiger partial charge is 0.417 e. The summed E-state index contributed by atoms with van der Waals surface area (Å²) in [6.07, 6.45) is 0.937. The third kappa shape index (κ3) is 3.98. The topological polar surface area (TPSA) is 70.5 Å². The van der Waals surface area contributed by atoms with E-state index in [1.165, 1.54) is 0 Å². The molecule has 0 bridgehead atoms. The van der Waals surface area contributed by atoms with Crippen LogP contribution < -0.4 is 0 Å². The molecule has 0 radical (unpaired) electrons. The average Bonchev–Trinajstić information content (AvgIpc) is 2.36. The molecule has 0 fully saturated rings. The summed E-state index contributed by atoms with van der Waals surface area (Å²) < 4.78 is 37.0. The number of pyridine rings is 1. The number of alkyl halides is 3. The van der Waals surface area contributed by atoms with E-state index in [2.05, 4.69) is 10.9 Å². The van der Waals surface area contributed by atoms with Crippen LogP contribution >= 0.6 is 0 Å². The highest BCUT2D eigenvalue weighted by atomic mass is 19.4. The molecule has 1 N–H and O–H groups in total. The summed E-state index contributed by atoms with van der Waals surface area (Å²) in [6.45, 7) is -0.945. The van der Waals surface area contributed by atoms with Gasteiger partial charge in [-0.05, 0) is 12.1 Å². The van der Waals surface area contributed by atoms with Crippen LogP contribution in [-0.4, -0.2) is 40.0 Å². The summed E-state index contributed by atoms with van der Waals surface area (Å²) in [4.78, 5) is 26.6. The first-order valence-electron chi connectivity index (χ1n) is 5.23. The molecule has 1 rings (SSSR count). The van der Waals surface area contributed by atoms with Gasteiger partial charge in [0.1, 0.15) is 12.2 Å². The van der Waals surface area contributed by atoms with Gasteiger partial charge in [-0.15, -0.1) is 6.42 Å². The lowest BCUT2D eigenvalue weighted by atomic mass is 10.2. The maximum absolute atomic E-state index is 12.3. The lowest BCUT2D eigenvalue weighted by Crippen LogP contribution is -2.36. The van der Waals surface area contributed by atoms with E-state index in [0.29, 0.717) is 12.3 Å². The van der Waals surface area contributed by atoms with Crippen molar-refractivity contribution in [3.05, 3.63) is 29.6 Å². The molecule has 8 heteroatoms. The molecule has 0 spiro atoms. The maximum Gasteiger partial charge on any atom is 0.417 e. The van der Waals surface area contributed by atoms with Crippen molar-refractivity contribution in [2.45, 2.75) is 6.18 Å². The van der Waals surface area contributed by atoms with Crippen LogP contribution in [0.25, 0.3) is 0 Å². The number of carbonyl (C=O) groups is 2. The Morgan fingerprint density at radius 3 is 2.45 bits per heavy atom. The first-order chi connectivity index (χ1) is 9.25. The second-order valence-corrected chi connectivity index (χ2v) is 3.69. The normalized spacial score (nSPS) is 10.7. The Morgan fingerprint density at radius 2 is 2.05 bits per heavy atom. The first kappa shape index (κ1) is 15.5. The molecule has 1 amide bonds. The number of amides is 1. The lowest BCUT2D eigenvalue weighted by Gasteiger charge is -2.17. The Labute approximate surface area is 112 Å². The molecular weight excluding hydrogens is 277 g/mol. The summed E-state index contributed by atoms with van der Waals surface area (Å²) in [5, 5.41) is 8.63. The molecule has 0 aliphatic rings. The van der Waals surface area contributed by atoms with E-state index in [0.717, 1.165) is 11.0 Å². The highest BCUT2D eigenvalue weighted by Gasteiger charge is 2.31. The summed E-state index contributed by atoms with van der Waals surface area (Å²) in [5.41, 5.74) is -1.31. The average molecular weight is 286 g/mol. The highest BCUT2D eigenvalue weighted by Crippen LogP contribution is 2.28. The molecule has 0 aliphatic carbocycles. The predicted octanol–water partition coefficient (Wildman–Crippen LogP) is 1.26. The standard InChI is InChI=1S/C12H9F3N2O3/c1-2-5-17(7-10(18)19)11(20)9-4-3-8(6-16-9)12(13,14)15/h1,3-4,6H,5,7H2,(H,18,19). The van der Waals surface area contributed by atoms with Gasteiger partial charge in [-0.25, -0.2) is 0 Å². The number of aromatic nitrogens is 1. The van der Waals surface area contributed by atoms with E-state index in [1.54, 1.807) is 0 Å². The van der Waals surface area contributed by atoms with Gasteiger partial charge >= 0.3 is 12.1 Å². The van der Waals surface area contributed by atoms with E-state index in [4.69, 9.17) is 11.5 Å². The van der Waals surface area contributed by atoms with Gasteiger partial charge < -0.3 is 10.0 Å². The van der Waals surface area contributed by atoms with Gasteiger partial charge in [0.05, 0.1) is 12.1 Å². The molecule has 1 aromatic rings. The zero-order chi connectivity index (χ0) is 15.3. The van der Waals surface area contributed by atoms with Gasteiger partial charge in [-0.3, -0.25) is 14.6 Å². The molecular formula is C12H9F3N2O3. The molecule has 0 saturated carbocycles. The molecule has 1 heterocycles. The van der Waals surface area contributed by atoms with Crippen molar-refractivity contribution in [3.63, 3.8) is 0 Å². The van der Waals surface area contributed by atoms with E-state index in [9.17, 15) is 22.8 Å². The number of rotatable bonds is 4. The van der Waals surface area contributed by atoms with Crippen molar-refractivity contribution in [1.29, 1.82) is 0 Å².